The highest BCUT2D eigenvalue weighted by Gasteiger charge is 2.19. The molecule has 24 heavy (non-hydrogen) atoms. The van der Waals surface area contributed by atoms with E-state index in [2.05, 4.69) is 63.8 Å². The number of aromatic nitrogens is 2. The van der Waals surface area contributed by atoms with Crippen molar-refractivity contribution in [3.05, 3.63) is 60.3 Å². The molecule has 1 aliphatic rings. The van der Waals surface area contributed by atoms with Gasteiger partial charge in [-0.05, 0) is 43.1 Å². The Balaban J connectivity index is 1.41. The number of benzene rings is 2. The summed E-state index contributed by atoms with van der Waals surface area (Å²) in [7, 11) is 1.98. The number of fused-ring (bicyclic) bond motifs is 1. The summed E-state index contributed by atoms with van der Waals surface area (Å²) < 4.78 is 1.92. The van der Waals surface area contributed by atoms with E-state index < -0.39 is 0 Å². The largest absolute Gasteiger partial charge is 0.381 e. The van der Waals surface area contributed by atoms with Crippen LogP contribution in [0.3, 0.4) is 0 Å². The minimum Gasteiger partial charge on any atom is -0.381 e. The van der Waals surface area contributed by atoms with Gasteiger partial charge in [0, 0.05) is 37.3 Å². The Morgan fingerprint density at radius 3 is 2.92 bits per heavy atom. The molecule has 1 N–H and O–H groups in total. The van der Waals surface area contributed by atoms with Gasteiger partial charge in [-0.2, -0.15) is 5.10 Å². The van der Waals surface area contributed by atoms with Crippen molar-refractivity contribution in [1.29, 1.82) is 0 Å². The Hall–Kier alpha value is -2.33. The van der Waals surface area contributed by atoms with E-state index in [1.165, 1.54) is 41.5 Å². The Kier molecular flexibility index (Phi) is 4.22. The van der Waals surface area contributed by atoms with Gasteiger partial charge in [-0.1, -0.05) is 30.3 Å². The number of likely N-dealkylation sites (tertiary alicyclic amines) is 1. The van der Waals surface area contributed by atoms with Gasteiger partial charge in [-0.3, -0.25) is 9.58 Å². The lowest BCUT2D eigenvalue weighted by atomic mass is 10.0. The van der Waals surface area contributed by atoms with Crippen molar-refractivity contribution in [3.8, 4) is 0 Å². The van der Waals surface area contributed by atoms with Crippen molar-refractivity contribution in [2.75, 3.05) is 18.4 Å². The number of hydrogen-bond donors (Lipinski definition) is 1. The van der Waals surface area contributed by atoms with Crippen molar-refractivity contribution in [3.63, 3.8) is 0 Å². The first-order chi connectivity index (χ1) is 11.8. The fourth-order valence-corrected chi connectivity index (χ4v) is 3.65. The van der Waals surface area contributed by atoms with Gasteiger partial charge in [-0.15, -0.1) is 0 Å². The van der Waals surface area contributed by atoms with Crippen LogP contribution in [0.1, 0.15) is 18.4 Å². The molecule has 0 aliphatic carbocycles. The lowest BCUT2D eigenvalue weighted by molar-refractivity contribution is 0.208. The number of anilines is 1. The molecule has 1 aromatic heterocycles. The van der Waals surface area contributed by atoms with E-state index in [1.54, 1.807) is 0 Å². The van der Waals surface area contributed by atoms with Crippen LogP contribution < -0.4 is 5.32 Å². The molecule has 1 atom stereocenters. The van der Waals surface area contributed by atoms with Crippen molar-refractivity contribution < 1.29 is 0 Å². The first-order valence-electron chi connectivity index (χ1n) is 8.72. The molecule has 4 heteroatoms. The van der Waals surface area contributed by atoms with E-state index in [0.717, 1.165) is 13.1 Å². The van der Waals surface area contributed by atoms with Gasteiger partial charge in [0.2, 0.25) is 0 Å². The molecule has 2 aromatic carbocycles. The quantitative estimate of drug-likeness (QED) is 0.796. The van der Waals surface area contributed by atoms with E-state index in [-0.39, 0.29) is 0 Å². The molecule has 1 fully saturated rings. The van der Waals surface area contributed by atoms with Crippen molar-refractivity contribution in [2.45, 2.75) is 25.4 Å². The summed E-state index contributed by atoms with van der Waals surface area (Å²) in [6.45, 7) is 3.33. The molecule has 4 rings (SSSR count). The first-order valence-corrected chi connectivity index (χ1v) is 8.72. The van der Waals surface area contributed by atoms with Crippen LogP contribution in [0.2, 0.25) is 0 Å². The number of piperidine rings is 1. The third-order valence-electron chi connectivity index (χ3n) is 4.87. The van der Waals surface area contributed by atoms with Crippen LogP contribution in [0.25, 0.3) is 10.9 Å². The minimum atomic E-state index is 0.511. The predicted molar refractivity (Wildman–Crippen MR) is 99.1 cm³/mol. The SMILES string of the molecule is Cn1ncc2cc(NC3CCCN(Cc4ccccc4)C3)ccc21. The Morgan fingerprint density at radius 1 is 1.17 bits per heavy atom. The van der Waals surface area contributed by atoms with Crippen LogP contribution in [-0.2, 0) is 13.6 Å². The van der Waals surface area contributed by atoms with Gasteiger partial charge >= 0.3 is 0 Å². The minimum absolute atomic E-state index is 0.511. The van der Waals surface area contributed by atoms with E-state index >= 15 is 0 Å². The number of nitrogens with zero attached hydrogens (tertiary/aromatic N) is 3. The summed E-state index contributed by atoms with van der Waals surface area (Å²) in [5, 5.41) is 9.24. The van der Waals surface area contributed by atoms with Crippen LogP contribution in [-0.4, -0.2) is 33.8 Å². The molecule has 0 bridgehead atoms. The molecule has 1 saturated heterocycles. The highest BCUT2D eigenvalue weighted by atomic mass is 15.2. The summed E-state index contributed by atoms with van der Waals surface area (Å²) in [5.41, 5.74) is 3.77. The second-order valence-electron chi connectivity index (χ2n) is 6.75. The fourth-order valence-electron chi connectivity index (χ4n) is 3.65. The van der Waals surface area contributed by atoms with Crippen molar-refractivity contribution >= 4 is 16.6 Å². The normalized spacial score (nSPS) is 18.8. The number of aryl methyl sites for hydroxylation is 1. The first kappa shape index (κ1) is 15.2. The molecule has 0 radical (unpaired) electrons. The summed E-state index contributed by atoms with van der Waals surface area (Å²) >= 11 is 0. The fraction of sp³-hybridized carbons (Fsp3) is 0.350. The monoisotopic (exact) mass is 320 g/mol. The van der Waals surface area contributed by atoms with Crippen LogP contribution >= 0.6 is 0 Å². The highest BCUT2D eigenvalue weighted by Crippen LogP contribution is 2.22. The predicted octanol–water partition coefficient (Wildman–Crippen LogP) is 3.65. The van der Waals surface area contributed by atoms with Crippen LogP contribution in [0.4, 0.5) is 5.69 Å². The smallest absolute Gasteiger partial charge is 0.0680 e. The van der Waals surface area contributed by atoms with Crippen molar-refractivity contribution in [2.24, 2.45) is 7.05 Å². The Morgan fingerprint density at radius 2 is 2.04 bits per heavy atom. The molecule has 0 amide bonds. The number of hydrogen-bond acceptors (Lipinski definition) is 3. The molecule has 1 aliphatic heterocycles. The zero-order chi connectivity index (χ0) is 16.4. The second kappa shape index (κ2) is 6.65. The van der Waals surface area contributed by atoms with E-state index in [0.29, 0.717) is 6.04 Å². The van der Waals surface area contributed by atoms with Crippen LogP contribution in [0.5, 0.6) is 0 Å². The molecule has 124 valence electrons. The Bertz CT molecular complexity index is 809. The summed E-state index contributed by atoms with van der Waals surface area (Å²) in [4.78, 5) is 2.55. The van der Waals surface area contributed by atoms with Gasteiger partial charge in [0.25, 0.3) is 0 Å². The van der Waals surface area contributed by atoms with E-state index in [1.807, 2.05) is 17.9 Å². The summed E-state index contributed by atoms with van der Waals surface area (Å²) in [6.07, 6.45) is 4.42. The highest BCUT2D eigenvalue weighted by molar-refractivity contribution is 5.82. The molecule has 4 nitrogen and oxygen atoms in total. The zero-order valence-corrected chi connectivity index (χ0v) is 14.2. The molecule has 0 saturated carbocycles. The molecule has 0 spiro atoms. The maximum absolute atomic E-state index is 4.32. The zero-order valence-electron chi connectivity index (χ0n) is 14.2. The van der Waals surface area contributed by atoms with Gasteiger partial charge in [0.05, 0.1) is 11.7 Å². The average molecular weight is 320 g/mol. The van der Waals surface area contributed by atoms with E-state index in [9.17, 15) is 0 Å². The van der Waals surface area contributed by atoms with Crippen LogP contribution in [0.15, 0.2) is 54.7 Å². The topological polar surface area (TPSA) is 33.1 Å². The number of nitrogens with one attached hydrogen (secondary N) is 1. The van der Waals surface area contributed by atoms with Gasteiger partial charge in [-0.25, -0.2) is 0 Å². The van der Waals surface area contributed by atoms with Crippen LogP contribution in [0, 0.1) is 0 Å². The summed E-state index contributed by atoms with van der Waals surface area (Å²) in [5.74, 6) is 0. The third-order valence-corrected chi connectivity index (χ3v) is 4.87. The van der Waals surface area contributed by atoms with Gasteiger partial charge in [0.1, 0.15) is 0 Å². The lowest BCUT2D eigenvalue weighted by Gasteiger charge is -2.33. The maximum atomic E-state index is 4.32. The second-order valence-corrected chi connectivity index (χ2v) is 6.75. The lowest BCUT2D eigenvalue weighted by Crippen LogP contribution is -2.41. The standard InChI is InChI=1S/C20H24N4/c1-23-20-10-9-18(12-17(20)13-21-23)22-19-8-5-11-24(15-19)14-16-6-3-2-4-7-16/h2-4,6-7,9-10,12-13,19,22H,5,8,11,14-15H2,1H3. The molecular formula is C20H24N4. The maximum Gasteiger partial charge on any atom is 0.0680 e. The van der Waals surface area contributed by atoms with Gasteiger partial charge in [0.15, 0.2) is 0 Å². The van der Waals surface area contributed by atoms with E-state index in [4.69, 9.17) is 0 Å². The number of rotatable bonds is 4. The van der Waals surface area contributed by atoms with Crippen molar-refractivity contribution in [1.82, 2.24) is 14.7 Å². The molecule has 3 aromatic rings. The third kappa shape index (κ3) is 3.29. The average Bonchev–Trinajstić information content (AvgIpc) is 2.97. The molecular weight excluding hydrogens is 296 g/mol. The summed E-state index contributed by atoms with van der Waals surface area (Å²) in [6, 6.07) is 17.8. The molecule has 2 heterocycles. The van der Waals surface area contributed by atoms with Gasteiger partial charge < -0.3 is 5.32 Å². The molecule has 1 unspecified atom stereocenters. The Labute approximate surface area is 143 Å².